The van der Waals surface area contributed by atoms with Crippen LogP contribution in [0.4, 0.5) is 0 Å². The lowest BCUT2D eigenvalue weighted by molar-refractivity contribution is -0.121. The third kappa shape index (κ3) is 4.39. The van der Waals surface area contributed by atoms with E-state index in [2.05, 4.69) is 5.32 Å². The van der Waals surface area contributed by atoms with Gasteiger partial charge in [0, 0.05) is 5.56 Å². The summed E-state index contributed by atoms with van der Waals surface area (Å²) < 4.78 is 10.6. The molecule has 1 atom stereocenters. The lowest BCUT2D eigenvalue weighted by Crippen LogP contribution is -2.28. The lowest BCUT2D eigenvalue weighted by atomic mass is 10.1. The van der Waals surface area contributed by atoms with Gasteiger partial charge in [0.1, 0.15) is 17.2 Å². The molecule has 0 aliphatic carbocycles. The van der Waals surface area contributed by atoms with Crippen LogP contribution in [0.25, 0.3) is 0 Å². The van der Waals surface area contributed by atoms with Crippen LogP contribution in [0.2, 0.25) is 0 Å². The van der Waals surface area contributed by atoms with E-state index in [9.17, 15) is 9.90 Å². The van der Waals surface area contributed by atoms with Gasteiger partial charge >= 0.3 is 0 Å². The molecular formula is C18H21NO4. The minimum atomic E-state index is -0.232. The van der Waals surface area contributed by atoms with E-state index in [1.807, 2.05) is 25.1 Å². The predicted octanol–water partition coefficient (Wildman–Crippen LogP) is 2.83. The molecule has 0 aliphatic heterocycles. The van der Waals surface area contributed by atoms with Crippen LogP contribution in [0.3, 0.4) is 0 Å². The van der Waals surface area contributed by atoms with Crippen LogP contribution in [0.15, 0.2) is 42.5 Å². The summed E-state index contributed by atoms with van der Waals surface area (Å²) in [4.78, 5) is 12.2. The first kappa shape index (κ1) is 16.7. The molecule has 0 radical (unpaired) electrons. The van der Waals surface area contributed by atoms with E-state index in [1.54, 1.807) is 38.5 Å². The number of carbonyl (C=O) groups excluding carboxylic acids is 1. The number of hydrogen-bond donors (Lipinski definition) is 2. The molecule has 5 nitrogen and oxygen atoms in total. The van der Waals surface area contributed by atoms with Crippen LogP contribution in [0.5, 0.6) is 17.2 Å². The zero-order valence-corrected chi connectivity index (χ0v) is 13.5. The molecule has 0 fully saturated rings. The Hall–Kier alpha value is -2.69. The van der Waals surface area contributed by atoms with Gasteiger partial charge in [-0.15, -0.1) is 0 Å². The SMILES string of the molecule is COc1ccc(OC)c(C(C)NC(=O)Cc2cccc(O)c2)c1. The molecule has 122 valence electrons. The van der Waals surface area contributed by atoms with E-state index < -0.39 is 0 Å². The van der Waals surface area contributed by atoms with Crippen LogP contribution in [0.1, 0.15) is 24.1 Å². The standard InChI is InChI=1S/C18H21NO4/c1-12(16-11-15(22-2)7-8-17(16)23-3)19-18(21)10-13-5-4-6-14(20)9-13/h4-9,11-12,20H,10H2,1-3H3,(H,19,21). The molecule has 2 aromatic carbocycles. The summed E-state index contributed by atoms with van der Waals surface area (Å²) in [6.07, 6.45) is 0.199. The highest BCUT2D eigenvalue weighted by Crippen LogP contribution is 2.29. The Bertz CT molecular complexity index is 684. The molecular weight excluding hydrogens is 294 g/mol. The van der Waals surface area contributed by atoms with Crippen molar-refractivity contribution in [1.82, 2.24) is 5.32 Å². The average Bonchev–Trinajstić information content (AvgIpc) is 2.54. The maximum Gasteiger partial charge on any atom is 0.224 e. The summed E-state index contributed by atoms with van der Waals surface area (Å²) in [5.41, 5.74) is 1.60. The zero-order valence-electron chi connectivity index (χ0n) is 13.5. The first-order valence-corrected chi connectivity index (χ1v) is 7.32. The van der Waals surface area contributed by atoms with Crippen molar-refractivity contribution in [2.75, 3.05) is 14.2 Å². The maximum absolute atomic E-state index is 12.2. The average molecular weight is 315 g/mol. The Morgan fingerprint density at radius 2 is 1.96 bits per heavy atom. The molecule has 23 heavy (non-hydrogen) atoms. The van der Waals surface area contributed by atoms with Gasteiger partial charge in [0.15, 0.2) is 0 Å². The first-order valence-electron chi connectivity index (χ1n) is 7.32. The summed E-state index contributed by atoms with van der Waals surface area (Å²) in [6, 6.07) is 11.9. The topological polar surface area (TPSA) is 67.8 Å². The van der Waals surface area contributed by atoms with Crippen molar-refractivity contribution in [3.05, 3.63) is 53.6 Å². The second-order valence-electron chi connectivity index (χ2n) is 5.24. The fourth-order valence-corrected chi connectivity index (χ4v) is 2.40. The van der Waals surface area contributed by atoms with E-state index in [0.717, 1.165) is 11.1 Å². The van der Waals surface area contributed by atoms with Crippen LogP contribution >= 0.6 is 0 Å². The molecule has 0 bridgehead atoms. The third-order valence-corrected chi connectivity index (χ3v) is 3.56. The van der Waals surface area contributed by atoms with Gasteiger partial charge in [-0.25, -0.2) is 0 Å². The Labute approximate surface area is 135 Å². The van der Waals surface area contributed by atoms with Gasteiger partial charge in [0.2, 0.25) is 5.91 Å². The van der Waals surface area contributed by atoms with Gasteiger partial charge in [-0.2, -0.15) is 0 Å². The number of nitrogens with one attached hydrogen (secondary N) is 1. The van der Waals surface area contributed by atoms with Gasteiger partial charge in [-0.3, -0.25) is 4.79 Å². The number of phenols is 1. The van der Waals surface area contributed by atoms with E-state index in [0.29, 0.717) is 11.5 Å². The summed E-state index contributed by atoms with van der Waals surface area (Å²) in [7, 11) is 3.18. The maximum atomic E-state index is 12.2. The van der Waals surface area contributed by atoms with Crippen molar-refractivity contribution < 1.29 is 19.4 Å². The Balaban J connectivity index is 2.09. The molecule has 0 spiro atoms. The van der Waals surface area contributed by atoms with E-state index in [-0.39, 0.29) is 24.1 Å². The van der Waals surface area contributed by atoms with Crippen LogP contribution in [-0.4, -0.2) is 25.2 Å². The van der Waals surface area contributed by atoms with Gasteiger partial charge < -0.3 is 19.9 Å². The number of hydrogen-bond acceptors (Lipinski definition) is 4. The van der Waals surface area contributed by atoms with E-state index in [1.165, 1.54) is 0 Å². The molecule has 0 saturated heterocycles. The summed E-state index contributed by atoms with van der Waals surface area (Å²) in [5, 5.41) is 12.4. The number of ether oxygens (including phenoxy) is 2. The number of amides is 1. The first-order chi connectivity index (χ1) is 11.0. The van der Waals surface area contributed by atoms with Crippen molar-refractivity contribution in [1.29, 1.82) is 0 Å². The number of aromatic hydroxyl groups is 1. The molecule has 0 saturated carbocycles. The fraction of sp³-hybridized carbons (Fsp3) is 0.278. The predicted molar refractivity (Wildman–Crippen MR) is 87.9 cm³/mol. The highest BCUT2D eigenvalue weighted by atomic mass is 16.5. The highest BCUT2D eigenvalue weighted by Gasteiger charge is 2.15. The fourth-order valence-electron chi connectivity index (χ4n) is 2.40. The summed E-state index contributed by atoms with van der Waals surface area (Å²) in [5.74, 6) is 1.41. The highest BCUT2D eigenvalue weighted by molar-refractivity contribution is 5.79. The van der Waals surface area contributed by atoms with Gasteiger partial charge in [0.25, 0.3) is 0 Å². The van der Waals surface area contributed by atoms with Gasteiger partial charge in [-0.1, -0.05) is 12.1 Å². The number of rotatable bonds is 6. The van der Waals surface area contributed by atoms with Crippen molar-refractivity contribution >= 4 is 5.91 Å². The Kier molecular flexibility index (Phi) is 5.46. The van der Waals surface area contributed by atoms with Crippen molar-refractivity contribution in [3.8, 4) is 17.2 Å². The molecule has 0 heterocycles. The second-order valence-corrected chi connectivity index (χ2v) is 5.24. The van der Waals surface area contributed by atoms with E-state index in [4.69, 9.17) is 9.47 Å². The molecule has 0 aliphatic rings. The number of benzene rings is 2. The van der Waals surface area contributed by atoms with Crippen molar-refractivity contribution in [3.63, 3.8) is 0 Å². The smallest absolute Gasteiger partial charge is 0.224 e. The summed E-state index contributed by atoms with van der Waals surface area (Å²) in [6.45, 7) is 1.89. The second kappa shape index (κ2) is 7.54. The normalized spacial score (nSPS) is 11.6. The number of phenolic OH excluding ortho intramolecular Hbond substituents is 1. The number of carbonyl (C=O) groups is 1. The Morgan fingerprint density at radius 3 is 2.61 bits per heavy atom. The number of methoxy groups -OCH3 is 2. The quantitative estimate of drug-likeness (QED) is 0.860. The van der Waals surface area contributed by atoms with Crippen LogP contribution in [-0.2, 0) is 11.2 Å². The van der Waals surface area contributed by atoms with Crippen molar-refractivity contribution in [2.24, 2.45) is 0 Å². The molecule has 1 amide bonds. The largest absolute Gasteiger partial charge is 0.508 e. The third-order valence-electron chi connectivity index (χ3n) is 3.56. The van der Waals surface area contributed by atoms with E-state index >= 15 is 0 Å². The minimum absolute atomic E-state index is 0.132. The zero-order chi connectivity index (χ0) is 16.8. The van der Waals surface area contributed by atoms with Gasteiger partial charge in [-0.05, 0) is 42.8 Å². The van der Waals surface area contributed by atoms with Crippen LogP contribution in [0, 0.1) is 0 Å². The summed E-state index contributed by atoms with van der Waals surface area (Å²) >= 11 is 0. The lowest BCUT2D eigenvalue weighted by Gasteiger charge is -2.18. The molecule has 0 aromatic heterocycles. The molecule has 2 N–H and O–H groups in total. The van der Waals surface area contributed by atoms with Crippen molar-refractivity contribution in [2.45, 2.75) is 19.4 Å². The monoisotopic (exact) mass is 315 g/mol. The molecule has 5 heteroatoms. The van der Waals surface area contributed by atoms with Gasteiger partial charge in [0.05, 0.1) is 26.7 Å². The minimum Gasteiger partial charge on any atom is -0.508 e. The molecule has 2 rings (SSSR count). The molecule has 2 aromatic rings. The Morgan fingerprint density at radius 1 is 1.17 bits per heavy atom. The van der Waals surface area contributed by atoms with Crippen LogP contribution < -0.4 is 14.8 Å². The molecule has 1 unspecified atom stereocenters.